The number of carbonyl (C=O) groups is 1. The Labute approximate surface area is 146 Å². The number of nitrogens with zero attached hydrogens (tertiary/aromatic N) is 2. The number of halogens is 2. The highest BCUT2D eigenvalue weighted by atomic mass is 35.5. The number of hydrogen-bond acceptors (Lipinski definition) is 5. The van der Waals surface area contributed by atoms with Gasteiger partial charge < -0.3 is 11.1 Å². The Bertz CT molecular complexity index is 590. The molecule has 0 aromatic carbocycles. The average molecular weight is 363 g/mol. The van der Waals surface area contributed by atoms with Crippen LogP contribution in [0.5, 0.6) is 0 Å². The van der Waals surface area contributed by atoms with Crippen LogP contribution in [0.25, 0.3) is 10.6 Å². The third-order valence-corrected chi connectivity index (χ3v) is 3.73. The van der Waals surface area contributed by atoms with Crippen LogP contribution in [0.4, 0.5) is 0 Å². The molecule has 0 saturated carbocycles. The summed E-state index contributed by atoms with van der Waals surface area (Å²) in [5.41, 5.74) is 6.93. The van der Waals surface area contributed by atoms with E-state index in [2.05, 4.69) is 15.3 Å². The van der Waals surface area contributed by atoms with Gasteiger partial charge in [0.05, 0.1) is 12.1 Å². The van der Waals surface area contributed by atoms with E-state index in [1.807, 2.05) is 31.4 Å². The SMILES string of the molecule is CC(C)(CN)NC(=O)Cc1csc(-c2cccnc2)n1.Cl.Cl. The lowest BCUT2D eigenvalue weighted by molar-refractivity contribution is -0.121. The number of rotatable bonds is 5. The first-order chi connectivity index (χ1) is 9.50. The third kappa shape index (κ3) is 5.88. The van der Waals surface area contributed by atoms with Crippen molar-refractivity contribution in [3.05, 3.63) is 35.6 Å². The molecule has 0 aliphatic heterocycles. The normalized spacial score (nSPS) is 10.3. The predicted molar refractivity (Wildman–Crippen MR) is 94.8 cm³/mol. The van der Waals surface area contributed by atoms with E-state index in [1.54, 1.807) is 12.4 Å². The lowest BCUT2D eigenvalue weighted by Crippen LogP contribution is -2.49. The summed E-state index contributed by atoms with van der Waals surface area (Å²) in [7, 11) is 0. The van der Waals surface area contributed by atoms with Crippen LogP contribution < -0.4 is 11.1 Å². The highest BCUT2D eigenvalue weighted by molar-refractivity contribution is 7.13. The molecule has 1 amide bonds. The number of hydrogen-bond donors (Lipinski definition) is 2. The molecule has 2 aromatic rings. The zero-order valence-corrected chi connectivity index (χ0v) is 14.9. The largest absolute Gasteiger partial charge is 0.350 e. The van der Waals surface area contributed by atoms with E-state index < -0.39 is 0 Å². The first kappa shape index (κ1) is 20.8. The summed E-state index contributed by atoms with van der Waals surface area (Å²) in [5, 5.41) is 5.67. The van der Waals surface area contributed by atoms with Crippen LogP contribution >= 0.6 is 36.2 Å². The molecule has 0 aliphatic rings. The van der Waals surface area contributed by atoms with Crippen molar-refractivity contribution in [1.82, 2.24) is 15.3 Å². The second-order valence-electron chi connectivity index (χ2n) is 5.20. The fraction of sp³-hybridized carbons (Fsp3) is 0.357. The average Bonchev–Trinajstić information content (AvgIpc) is 2.87. The maximum Gasteiger partial charge on any atom is 0.226 e. The van der Waals surface area contributed by atoms with Gasteiger partial charge in [0.25, 0.3) is 0 Å². The molecular formula is C14H20Cl2N4OS. The van der Waals surface area contributed by atoms with Crippen molar-refractivity contribution in [3.63, 3.8) is 0 Å². The van der Waals surface area contributed by atoms with E-state index in [0.29, 0.717) is 6.54 Å². The van der Waals surface area contributed by atoms with Crippen LogP contribution in [0, 0.1) is 0 Å². The highest BCUT2D eigenvalue weighted by Gasteiger charge is 2.19. The van der Waals surface area contributed by atoms with E-state index in [-0.39, 0.29) is 42.7 Å². The van der Waals surface area contributed by atoms with Gasteiger partial charge in [-0.25, -0.2) is 4.98 Å². The standard InChI is InChI=1S/C14H18N4OS.2ClH/c1-14(2,9-15)18-12(19)6-11-8-20-13(17-11)10-4-3-5-16-7-10;;/h3-5,7-8H,6,9,15H2,1-2H3,(H,18,19);2*1H. The molecule has 0 unspecified atom stereocenters. The predicted octanol–water partition coefficient (Wildman–Crippen LogP) is 2.44. The zero-order chi connectivity index (χ0) is 14.6. The molecule has 2 aromatic heterocycles. The molecule has 2 rings (SSSR count). The molecule has 3 N–H and O–H groups in total. The summed E-state index contributed by atoms with van der Waals surface area (Å²) >= 11 is 1.51. The maximum absolute atomic E-state index is 11.9. The first-order valence-corrected chi connectivity index (χ1v) is 7.24. The zero-order valence-electron chi connectivity index (χ0n) is 12.4. The van der Waals surface area contributed by atoms with Crippen LogP contribution in [-0.4, -0.2) is 28.0 Å². The van der Waals surface area contributed by atoms with Crippen LogP contribution in [0.1, 0.15) is 19.5 Å². The van der Waals surface area contributed by atoms with Gasteiger partial charge in [0.1, 0.15) is 5.01 Å². The van der Waals surface area contributed by atoms with Crippen molar-refractivity contribution in [1.29, 1.82) is 0 Å². The van der Waals surface area contributed by atoms with Crippen LogP contribution in [0.15, 0.2) is 29.9 Å². The topological polar surface area (TPSA) is 80.9 Å². The Balaban J connectivity index is 0.00000220. The summed E-state index contributed by atoms with van der Waals surface area (Å²) in [6, 6.07) is 3.82. The van der Waals surface area contributed by atoms with E-state index in [9.17, 15) is 4.79 Å². The number of nitrogens with two attached hydrogens (primary N) is 1. The number of aromatic nitrogens is 2. The van der Waals surface area contributed by atoms with E-state index in [4.69, 9.17) is 5.73 Å². The maximum atomic E-state index is 11.9. The van der Waals surface area contributed by atoms with Crippen molar-refractivity contribution in [2.45, 2.75) is 25.8 Å². The fourth-order valence-corrected chi connectivity index (χ4v) is 2.46. The summed E-state index contributed by atoms with van der Waals surface area (Å²) in [4.78, 5) is 20.4. The molecule has 0 radical (unpaired) electrons. The smallest absolute Gasteiger partial charge is 0.226 e. The van der Waals surface area contributed by atoms with Gasteiger partial charge in [-0.15, -0.1) is 36.2 Å². The Morgan fingerprint density at radius 3 is 2.73 bits per heavy atom. The second-order valence-corrected chi connectivity index (χ2v) is 6.06. The van der Waals surface area contributed by atoms with Gasteiger partial charge in [-0.2, -0.15) is 0 Å². The fourth-order valence-electron chi connectivity index (χ4n) is 1.65. The summed E-state index contributed by atoms with van der Waals surface area (Å²) < 4.78 is 0. The van der Waals surface area contributed by atoms with Crippen molar-refractivity contribution in [3.8, 4) is 10.6 Å². The van der Waals surface area contributed by atoms with Crippen molar-refractivity contribution in [2.24, 2.45) is 5.73 Å². The summed E-state index contributed by atoms with van der Waals surface area (Å²) in [6.45, 7) is 4.19. The molecule has 122 valence electrons. The highest BCUT2D eigenvalue weighted by Crippen LogP contribution is 2.22. The van der Waals surface area contributed by atoms with Gasteiger partial charge in [0.15, 0.2) is 0 Å². The van der Waals surface area contributed by atoms with Crippen LogP contribution in [0.2, 0.25) is 0 Å². The Kier molecular flexibility index (Phi) is 8.55. The molecule has 22 heavy (non-hydrogen) atoms. The Morgan fingerprint density at radius 1 is 1.41 bits per heavy atom. The molecule has 5 nitrogen and oxygen atoms in total. The number of pyridine rings is 1. The Morgan fingerprint density at radius 2 is 2.14 bits per heavy atom. The number of nitrogens with one attached hydrogen (secondary N) is 1. The molecular weight excluding hydrogens is 343 g/mol. The lowest BCUT2D eigenvalue weighted by Gasteiger charge is -2.23. The first-order valence-electron chi connectivity index (χ1n) is 6.36. The van der Waals surface area contributed by atoms with Crippen molar-refractivity contribution in [2.75, 3.05) is 6.54 Å². The number of carbonyl (C=O) groups excluding carboxylic acids is 1. The minimum absolute atomic E-state index is 0. The minimum Gasteiger partial charge on any atom is -0.350 e. The monoisotopic (exact) mass is 362 g/mol. The molecule has 0 aliphatic carbocycles. The number of amides is 1. The van der Waals surface area contributed by atoms with E-state index in [0.717, 1.165) is 16.3 Å². The molecule has 0 atom stereocenters. The van der Waals surface area contributed by atoms with Gasteiger partial charge in [-0.05, 0) is 26.0 Å². The minimum atomic E-state index is -0.390. The molecule has 0 spiro atoms. The van der Waals surface area contributed by atoms with Gasteiger partial charge in [0.2, 0.25) is 5.91 Å². The number of thiazole rings is 1. The molecule has 8 heteroatoms. The third-order valence-electron chi connectivity index (χ3n) is 2.79. The quantitative estimate of drug-likeness (QED) is 0.855. The van der Waals surface area contributed by atoms with Gasteiger partial charge in [0, 0.05) is 35.4 Å². The Hall–Kier alpha value is -1.21. The molecule has 0 saturated heterocycles. The summed E-state index contributed by atoms with van der Waals surface area (Å²) in [5.74, 6) is -0.0662. The van der Waals surface area contributed by atoms with Crippen molar-refractivity contribution < 1.29 is 4.79 Å². The second kappa shape index (κ2) is 9.05. The van der Waals surface area contributed by atoms with Crippen molar-refractivity contribution >= 4 is 42.1 Å². The van der Waals surface area contributed by atoms with Crippen LogP contribution in [0.3, 0.4) is 0 Å². The molecule has 2 heterocycles. The van der Waals surface area contributed by atoms with Crippen LogP contribution in [-0.2, 0) is 11.2 Å². The van der Waals surface area contributed by atoms with Gasteiger partial charge in [-0.3, -0.25) is 9.78 Å². The molecule has 0 fully saturated rings. The van der Waals surface area contributed by atoms with Gasteiger partial charge >= 0.3 is 0 Å². The van der Waals surface area contributed by atoms with Gasteiger partial charge in [-0.1, -0.05) is 0 Å². The molecule has 0 bridgehead atoms. The summed E-state index contributed by atoms with van der Waals surface area (Å²) in [6.07, 6.45) is 3.75. The van der Waals surface area contributed by atoms with E-state index in [1.165, 1.54) is 11.3 Å². The van der Waals surface area contributed by atoms with E-state index >= 15 is 0 Å². The lowest BCUT2D eigenvalue weighted by atomic mass is 10.1.